The van der Waals surface area contributed by atoms with E-state index in [0.717, 1.165) is 24.1 Å². The SMILES string of the molecule is COc1ccc(C(O)C(NCCc2ccccc2)c2ccccc2)cc1OC. The summed E-state index contributed by atoms with van der Waals surface area (Å²) in [6.07, 6.45) is 0.168. The van der Waals surface area contributed by atoms with Gasteiger partial charge in [0.05, 0.1) is 26.4 Å². The van der Waals surface area contributed by atoms with Gasteiger partial charge in [-0.3, -0.25) is 0 Å². The minimum absolute atomic E-state index is 0.233. The van der Waals surface area contributed by atoms with Gasteiger partial charge in [-0.1, -0.05) is 66.7 Å². The highest BCUT2D eigenvalue weighted by Crippen LogP contribution is 2.34. The number of rotatable bonds is 9. The lowest BCUT2D eigenvalue weighted by Crippen LogP contribution is -2.29. The second-order valence-corrected chi connectivity index (χ2v) is 6.64. The molecular weight excluding hydrogens is 350 g/mol. The molecule has 0 radical (unpaired) electrons. The standard InChI is InChI=1S/C24H27NO3/c1-27-21-14-13-20(17-22(21)28-2)24(26)23(19-11-7-4-8-12-19)25-16-15-18-9-5-3-6-10-18/h3-14,17,23-26H,15-16H2,1-2H3. The van der Waals surface area contributed by atoms with Gasteiger partial charge in [-0.15, -0.1) is 0 Å². The number of aliphatic hydroxyl groups excluding tert-OH is 1. The molecule has 4 heteroatoms. The van der Waals surface area contributed by atoms with Crippen molar-refractivity contribution in [2.24, 2.45) is 0 Å². The fourth-order valence-electron chi connectivity index (χ4n) is 3.32. The number of hydrogen-bond acceptors (Lipinski definition) is 4. The number of hydrogen-bond donors (Lipinski definition) is 2. The van der Waals surface area contributed by atoms with Gasteiger partial charge in [0.2, 0.25) is 0 Å². The van der Waals surface area contributed by atoms with Crippen molar-refractivity contribution in [3.05, 3.63) is 95.6 Å². The Balaban J connectivity index is 1.80. The molecule has 0 aliphatic heterocycles. The molecule has 0 spiro atoms. The van der Waals surface area contributed by atoms with Gasteiger partial charge in [0.1, 0.15) is 0 Å². The summed E-state index contributed by atoms with van der Waals surface area (Å²) >= 11 is 0. The summed E-state index contributed by atoms with van der Waals surface area (Å²) in [7, 11) is 3.20. The largest absolute Gasteiger partial charge is 0.493 e. The average Bonchev–Trinajstić information content (AvgIpc) is 2.77. The van der Waals surface area contributed by atoms with Crippen LogP contribution in [0.5, 0.6) is 11.5 Å². The van der Waals surface area contributed by atoms with E-state index in [2.05, 4.69) is 17.4 Å². The van der Waals surface area contributed by atoms with Gasteiger partial charge in [-0.2, -0.15) is 0 Å². The van der Waals surface area contributed by atoms with Crippen molar-refractivity contribution in [3.63, 3.8) is 0 Å². The zero-order valence-corrected chi connectivity index (χ0v) is 16.3. The first-order valence-corrected chi connectivity index (χ1v) is 9.45. The Kier molecular flexibility index (Phi) is 7.06. The van der Waals surface area contributed by atoms with Gasteiger partial charge in [-0.25, -0.2) is 0 Å². The van der Waals surface area contributed by atoms with Crippen LogP contribution in [-0.4, -0.2) is 25.9 Å². The summed E-state index contributed by atoms with van der Waals surface area (Å²) in [6, 6.07) is 25.7. The summed E-state index contributed by atoms with van der Waals surface area (Å²) in [5, 5.41) is 14.7. The number of ether oxygens (including phenoxy) is 2. The van der Waals surface area contributed by atoms with Crippen LogP contribution < -0.4 is 14.8 Å². The van der Waals surface area contributed by atoms with Gasteiger partial charge in [0.25, 0.3) is 0 Å². The fourth-order valence-corrected chi connectivity index (χ4v) is 3.32. The van der Waals surface area contributed by atoms with Crippen LogP contribution in [0, 0.1) is 0 Å². The Morgan fingerprint density at radius 1 is 0.786 bits per heavy atom. The predicted molar refractivity (Wildman–Crippen MR) is 112 cm³/mol. The van der Waals surface area contributed by atoms with Crippen LogP contribution in [-0.2, 0) is 6.42 Å². The molecule has 2 atom stereocenters. The van der Waals surface area contributed by atoms with Crippen LogP contribution in [0.4, 0.5) is 0 Å². The Hall–Kier alpha value is -2.82. The van der Waals surface area contributed by atoms with Gasteiger partial charge in [0.15, 0.2) is 11.5 Å². The molecular formula is C24H27NO3. The molecule has 3 aromatic rings. The first-order chi connectivity index (χ1) is 13.7. The quantitative estimate of drug-likeness (QED) is 0.583. The Morgan fingerprint density at radius 2 is 1.43 bits per heavy atom. The molecule has 0 saturated heterocycles. The smallest absolute Gasteiger partial charge is 0.161 e. The molecule has 2 unspecified atom stereocenters. The molecule has 2 N–H and O–H groups in total. The van der Waals surface area contributed by atoms with Crippen molar-refractivity contribution in [2.45, 2.75) is 18.6 Å². The third-order valence-corrected chi connectivity index (χ3v) is 4.84. The van der Waals surface area contributed by atoms with E-state index in [0.29, 0.717) is 11.5 Å². The van der Waals surface area contributed by atoms with Crippen LogP contribution >= 0.6 is 0 Å². The fraction of sp³-hybridized carbons (Fsp3) is 0.250. The van der Waals surface area contributed by atoms with Crippen molar-refractivity contribution in [1.82, 2.24) is 5.32 Å². The lowest BCUT2D eigenvalue weighted by atomic mass is 9.95. The number of aliphatic hydroxyl groups is 1. The average molecular weight is 377 g/mol. The zero-order chi connectivity index (χ0) is 19.8. The topological polar surface area (TPSA) is 50.7 Å². The van der Waals surface area contributed by atoms with E-state index in [-0.39, 0.29) is 6.04 Å². The second kappa shape index (κ2) is 9.93. The number of benzene rings is 3. The van der Waals surface area contributed by atoms with Gasteiger partial charge in [-0.05, 0) is 41.8 Å². The van der Waals surface area contributed by atoms with E-state index in [9.17, 15) is 5.11 Å². The highest BCUT2D eigenvalue weighted by molar-refractivity contribution is 5.44. The summed E-state index contributed by atoms with van der Waals surface area (Å²) in [5.41, 5.74) is 3.08. The van der Waals surface area contributed by atoms with Gasteiger partial charge >= 0.3 is 0 Å². The molecule has 0 aliphatic rings. The lowest BCUT2D eigenvalue weighted by molar-refractivity contribution is 0.128. The minimum Gasteiger partial charge on any atom is -0.493 e. The van der Waals surface area contributed by atoms with Crippen LogP contribution in [0.15, 0.2) is 78.9 Å². The molecule has 28 heavy (non-hydrogen) atoms. The van der Waals surface area contributed by atoms with Crippen LogP contribution in [0.3, 0.4) is 0 Å². The minimum atomic E-state index is -0.724. The molecule has 0 fully saturated rings. The summed E-state index contributed by atoms with van der Waals surface area (Å²) in [6.45, 7) is 0.758. The van der Waals surface area contributed by atoms with E-state index in [1.54, 1.807) is 14.2 Å². The Morgan fingerprint density at radius 3 is 2.07 bits per heavy atom. The Bertz CT molecular complexity index is 852. The highest BCUT2D eigenvalue weighted by Gasteiger charge is 2.23. The van der Waals surface area contributed by atoms with Crippen LogP contribution in [0.1, 0.15) is 28.8 Å². The Labute approximate surface area is 166 Å². The first kappa shape index (κ1) is 19.9. The normalized spacial score (nSPS) is 13.0. The molecule has 4 nitrogen and oxygen atoms in total. The van der Waals surface area contributed by atoms with Gasteiger partial charge < -0.3 is 19.9 Å². The molecule has 3 aromatic carbocycles. The van der Waals surface area contributed by atoms with Crippen molar-refractivity contribution in [1.29, 1.82) is 0 Å². The molecule has 0 aliphatic carbocycles. The number of nitrogens with one attached hydrogen (secondary N) is 1. The molecule has 0 amide bonds. The van der Waals surface area contributed by atoms with Crippen LogP contribution in [0.2, 0.25) is 0 Å². The summed E-state index contributed by atoms with van der Waals surface area (Å²) in [5.74, 6) is 1.25. The molecule has 0 bridgehead atoms. The molecule has 0 aromatic heterocycles. The molecule has 0 heterocycles. The monoisotopic (exact) mass is 377 g/mol. The number of methoxy groups -OCH3 is 2. The van der Waals surface area contributed by atoms with Crippen molar-refractivity contribution in [3.8, 4) is 11.5 Å². The van der Waals surface area contributed by atoms with Crippen molar-refractivity contribution < 1.29 is 14.6 Å². The van der Waals surface area contributed by atoms with E-state index < -0.39 is 6.10 Å². The highest BCUT2D eigenvalue weighted by atomic mass is 16.5. The summed E-state index contributed by atoms with van der Waals surface area (Å²) < 4.78 is 10.7. The van der Waals surface area contributed by atoms with Crippen LogP contribution in [0.25, 0.3) is 0 Å². The summed E-state index contributed by atoms with van der Waals surface area (Å²) in [4.78, 5) is 0. The molecule has 146 valence electrons. The maximum atomic E-state index is 11.2. The molecule has 3 rings (SSSR count). The van der Waals surface area contributed by atoms with E-state index in [4.69, 9.17) is 9.47 Å². The first-order valence-electron chi connectivity index (χ1n) is 9.45. The third kappa shape index (κ3) is 4.91. The molecule has 0 saturated carbocycles. The maximum absolute atomic E-state index is 11.2. The van der Waals surface area contributed by atoms with E-state index >= 15 is 0 Å². The van der Waals surface area contributed by atoms with Crippen molar-refractivity contribution in [2.75, 3.05) is 20.8 Å². The van der Waals surface area contributed by atoms with E-state index in [1.165, 1.54) is 5.56 Å². The lowest BCUT2D eigenvalue weighted by Gasteiger charge is -2.26. The predicted octanol–water partition coefficient (Wildman–Crippen LogP) is 4.31. The van der Waals surface area contributed by atoms with Gasteiger partial charge in [0, 0.05) is 0 Å². The van der Waals surface area contributed by atoms with Crippen molar-refractivity contribution >= 4 is 0 Å². The second-order valence-electron chi connectivity index (χ2n) is 6.64. The van der Waals surface area contributed by atoms with E-state index in [1.807, 2.05) is 66.7 Å². The zero-order valence-electron chi connectivity index (χ0n) is 16.3. The maximum Gasteiger partial charge on any atom is 0.161 e. The third-order valence-electron chi connectivity index (χ3n) is 4.84.